The lowest BCUT2D eigenvalue weighted by molar-refractivity contribution is -0.148. The van der Waals surface area contributed by atoms with Gasteiger partial charge in [0.25, 0.3) is 0 Å². The number of benzene rings is 2. The van der Waals surface area contributed by atoms with E-state index in [9.17, 15) is 32.3 Å². The van der Waals surface area contributed by atoms with E-state index >= 15 is 0 Å². The summed E-state index contributed by atoms with van der Waals surface area (Å²) in [5.41, 5.74) is 0.339. The quantitative estimate of drug-likeness (QED) is 0.164. The van der Waals surface area contributed by atoms with Crippen molar-refractivity contribution in [3.63, 3.8) is 0 Å². The normalized spacial score (nSPS) is 24.4. The first kappa shape index (κ1) is 32.5. The fourth-order valence-electron chi connectivity index (χ4n) is 8.30. The Morgan fingerprint density at radius 3 is 2.15 bits per heavy atom. The molecule has 0 spiro atoms. The molecule has 0 radical (unpaired) electrons. The summed E-state index contributed by atoms with van der Waals surface area (Å²) in [5.74, 6) is -0.539. The molecule has 0 aliphatic heterocycles. The molecule has 1 aromatic heterocycles. The van der Waals surface area contributed by atoms with Crippen molar-refractivity contribution < 1.29 is 32.3 Å². The highest BCUT2D eigenvalue weighted by atomic mass is 19.4. The maximum atomic E-state index is 14.1. The van der Waals surface area contributed by atoms with Crippen molar-refractivity contribution in [2.24, 2.45) is 23.2 Å². The summed E-state index contributed by atoms with van der Waals surface area (Å²) in [6, 6.07) is 9.15. The number of fused-ring (bicyclic) bond motifs is 1. The number of nitrogens with one attached hydrogen (secondary N) is 5. The highest BCUT2D eigenvalue weighted by Gasteiger charge is 2.55. The van der Waals surface area contributed by atoms with Crippen LogP contribution in [0.2, 0.25) is 0 Å². The van der Waals surface area contributed by atoms with Gasteiger partial charge in [0.1, 0.15) is 12.1 Å². The number of anilines is 1. The van der Waals surface area contributed by atoms with Crippen molar-refractivity contribution in [2.45, 2.75) is 76.0 Å². The number of hydrogen-bond acceptors (Lipinski definition) is 5. The second kappa shape index (κ2) is 13.0. The molecule has 3 amide bonds. The van der Waals surface area contributed by atoms with Gasteiger partial charge in [0.05, 0.1) is 11.8 Å². The van der Waals surface area contributed by atoms with Crippen LogP contribution < -0.4 is 16.0 Å². The van der Waals surface area contributed by atoms with Crippen molar-refractivity contribution in [2.75, 3.05) is 5.32 Å². The number of aromatic amines is 1. The molecule has 4 fully saturated rings. The van der Waals surface area contributed by atoms with E-state index in [4.69, 9.17) is 5.41 Å². The van der Waals surface area contributed by atoms with Crippen LogP contribution in [-0.2, 0) is 31.8 Å². The van der Waals surface area contributed by atoms with Gasteiger partial charge < -0.3 is 26.3 Å². The van der Waals surface area contributed by atoms with Gasteiger partial charge in [0.15, 0.2) is 5.78 Å². The van der Waals surface area contributed by atoms with Gasteiger partial charge in [-0.2, -0.15) is 13.2 Å². The Morgan fingerprint density at radius 2 is 1.53 bits per heavy atom. The molecule has 2 atom stereocenters. The number of Topliss-reactive ketones (excluding diaryl/α,β-unsaturated/α-hetero) is 1. The van der Waals surface area contributed by atoms with Gasteiger partial charge in [-0.1, -0.05) is 18.2 Å². The number of alkyl halides is 3. The average Bonchev–Trinajstić information content (AvgIpc) is 3.44. The molecule has 0 unspecified atom stereocenters. The van der Waals surface area contributed by atoms with E-state index in [0.717, 1.165) is 79.3 Å². The molecule has 3 aromatic rings. The predicted molar refractivity (Wildman–Crippen MR) is 170 cm³/mol. The number of amides is 3. The van der Waals surface area contributed by atoms with Gasteiger partial charge in [-0.15, -0.1) is 0 Å². The zero-order valence-electron chi connectivity index (χ0n) is 25.8. The third-order valence-electron chi connectivity index (χ3n) is 10.2. The van der Waals surface area contributed by atoms with Crippen molar-refractivity contribution >= 4 is 46.3 Å². The molecule has 4 bridgehead atoms. The Morgan fingerprint density at radius 1 is 0.894 bits per heavy atom. The highest BCUT2D eigenvalue weighted by Crippen LogP contribution is 2.60. The number of rotatable bonds is 12. The maximum absolute atomic E-state index is 14.1. The number of H-pyrrole nitrogens is 1. The van der Waals surface area contributed by atoms with Crippen LogP contribution in [0.5, 0.6) is 0 Å². The number of ketones is 1. The third kappa shape index (κ3) is 7.11. The summed E-state index contributed by atoms with van der Waals surface area (Å²) in [6.45, 7) is 0. The van der Waals surface area contributed by atoms with E-state index in [2.05, 4.69) is 20.9 Å². The minimum absolute atomic E-state index is 0.0751. The van der Waals surface area contributed by atoms with Crippen LogP contribution in [0.15, 0.2) is 54.7 Å². The number of carbonyl (C=O) groups excluding carboxylic acids is 4. The predicted octanol–water partition coefficient (Wildman–Crippen LogP) is 5.55. The minimum Gasteiger partial charge on any atom is -0.361 e. The SMILES string of the molecule is N=CC(=O)CC[C@H](NC(=O)[C@H](Cc1c[nH]c2ccccc12)NC(=O)C12CC3CC(CC(C3)C1)C2)C(=O)Nc1ccc(C(F)(F)F)cc1. The molecule has 47 heavy (non-hydrogen) atoms. The number of aromatic nitrogens is 1. The van der Waals surface area contributed by atoms with Crippen LogP contribution in [-0.4, -0.2) is 46.8 Å². The van der Waals surface area contributed by atoms with Gasteiger partial charge in [-0.05, 0) is 98.6 Å². The van der Waals surface area contributed by atoms with Gasteiger partial charge in [-0.25, -0.2) is 0 Å². The Balaban J connectivity index is 1.23. The van der Waals surface area contributed by atoms with Crippen molar-refractivity contribution in [3.8, 4) is 0 Å². The summed E-state index contributed by atoms with van der Waals surface area (Å²) < 4.78 is 39.1. The molecule has 12 heteroatoms. The lowest BCUT2D eigenvalue weighted by Crippen LogP contribution is -2.59. The van der Waals surface area contributed by atoms with E-state index in [1.165, 1.54) is 0 Å². The van der Waals surface area contributed by atoms with E-state index < -0.39 is 46.8 Å². The van der Waals surface area contributed by atoms with Crippen molar-refractivity contribution in [1.29, 1.82) is 5.41 Å². The molecule has 0 saturated heterocycles. The smallest absolute Gasteiger partial charge is 0.361 e. The Labute approximate surface area is 270 Å². The highest BCUT2D eigenvalue weighted by molar-refractivity contribution is 6.26. The zero-order valence-corrected chi connectivity index (χ0v) is 25.8. The minimum atomic E-state index is -4.55. The molecule has 9 nitrogen and oxygen atoms in total. The van der Waals surface area contributed by atoms with Gasteiger partial charge in [0.2, 0.25) is 17.7 Å². The first-order valence-electron chi connectivity index (χ1n) is 16.1. The molecular weight excluding hydrogens is 611 g/mol. The molecule has 4 saturated carbocycles. The summed E-state index contributed by atoms with van der Waals surface area (Å²) >= 11 is 0. The Hall–Kier alpha value is -4.48. The van der Waals surface area contributed by atoms with Gasteiger partial charge in [-0.3, -0.25) is 19.2 Å². The first-order chi connectivity index (χ1) is 22.4. The summed E-state index contributed by atoms with van der Waals surface area (Å²) in [6.07, 6.45) is 3.48. The van der Waals surface area contributed by atoms with Crippen molar-refractivity contribution in [3.05, 3.63) is 65.9 Å². The lowest BCUT2D eigenvalue weighted by Gasteiger charge is -2.55. The summed E-state index contributed by atoms with van der Waals surface area (Å²) in [5, 5.41) is 16.4. The van der Waals surface area contributed by atoms with Crippen molar-refractivity contribution in [1.82, 2.24) is 15.6 Å². The van der Waals surface area contributed by atoms with E-state index in [1.54, 1.807) is 6.20 Å². The number of halogens is 3. The van der Waals surface area contributed by atoms with Crippen LogP contribution in [0.1, 0.15) is 62.5 Å². The number of carbonyl (C=O) groups is 4. The second-order valence-corrected chi connectivity index (χ2v) is 13.6. The Kier molecular flexibility index (Phi) is 8.95. The summed E-state index contributed by atoms with van der Waals surface area (Å²) in [4.78, 5) is 56.7. The summed E-state index contributed by atoms with van der Waals surface area (Å²) in [7, 11) is 0. The molecule has 4 aliphatic carbocycles. The van der Waals surface area contributed by atoms with Crippen LogP contribution in [0.3, 0.4) is 0 Å². The average molecular weight is 650 g/mol. The second-order valence-electron chi connectivity index (χ2n) is 13.6. The molecular formula is C35H38F3N5O4. The molecule has 1 heterocycles. The van der Waals surface area contributed by atoms with E-state index in [0.29, 0.717) is 24.0 Å². The molecule has 4 aliphatic rings. The number of hydrogen-bond donors (Lipinski definition) is 5. The van der Waals surface area contributed by atoms with Crippen LogP contribution in [0, 0.1) is 28.6 Å². The Bertz CT molecular complexity index is 1650. The topological polar surface area (TPSA) is 144 Å². The van der Waals surface area contributed by atoms with Crippen LogP contribution in [0.25, 0.3) is 10.9 Å². The lowest BCUT2D eigenvalue weighted by atomic mass is 9.49. The zero-order chi connectivity index (χ0) is 33.3. The molecule has 5 N–H and O–H groups in total. The first-order valence-corrected chi connectivity index (χ1v) is 16.1. The largest absolute Gasteiger partial charge is 0.416 e. The molecule has 7 rings (SSSR count). The number of para-hydroxylation sites is 1. The fourth-order valence-corrected chi connectivity index (χ4v) is 8.30. The van der Waals surface area contributed by atoms with Gasteiger partial charge >= 0.3 is 6.18 Å². The van der Waals surface area contributed by atoms with E-state index in [1.807, 2.05) is 24.3 Å². The third-order valence-corrected chi connectivity index (χ3v) is 10.2. The molecule has 248 valence electrons. The van der Waals surface area contributed by atoms with Gasteiger partial charge in [0, 0.05) is 41.0 Å². The molecule has 2 aromatic carbocycles. The van der Waals surface area contributed by atoms with Crippen LogP contribution in [0.4, 0.5) is 18.9 Å². The fraction of sp³-hybridized carbons (Fsp3) is 0.457. The monoisotopic (exact) mass is 649 g/mol. The van der Waals surface area contributed by atoms with Crippen LogP contribution >= 0.6 is 0 Å². The standard InChI is InChI=1S/C35H38F3N5O4/c36-35(37,38)24-5-7-25(8-6-24)41-31(45)29(10-9-26(44)18-39)42-32(46)30(14-23-19-40-28-4-2-1-3-27(23)28)43-33(47)34-15-20-11-21(16-34)13-22(12-20)17-34/h1-8,18-22,29-30,39-40H,9-17H2,(H,41,45)(H,42,46)(H,43,47)/t20?,21?,22?,29-,30-,34?/m0/s1. The maximum Gasteiger partial charge on any atom is 0.416 e. The van der Waals surface area contributed by atoms with E-state index in [-0.39, 0.29) is 30.9 Å².